The van der Waals surface area contributed by atoms with Gasteiger partial charge in [0.1, 0.15) is 0 Å². The highest BCUT2D eigenvalue weighted by molar-refractivity contribution is 8.76. The van der Waals surface area contributed by atoms with Crippen molar-refractivity contribution < 1.29 is 9.05 Å². The molecule has 0 bridgehead atoms. The number of nitrogens with zero attached hydrogens (tertiary/aromatic N) is 4. The summed E-state index contributed by atoms with van der Waals surface area (Å²) < 4.78 is 10.0. The van der Waals surface area contributed by atoms with Crippen LogP contribution in [0.15, 0.2) is 9.05 Å². The van der Waals surface area contributed by atoms with Gasteiger partial charge in [0.05, 0.1) is 12.1 Å². The fraction of sp³-hybridized carbons (Fsp3) is 0.600. The monoisotopic (exact) mass is 316 g/mol. The van der Waals surface area contributed by atoms with Crippen LogP contribution in [0.1, 0.15) is 35.5 Å². The summed E-state index contributed by atoms with van der Waals surface area (Å²) in [6.45, 7) is 3.51. The third-order valence-corrected chi connectivity index (χ3v) is 4.77. The van der Waals surface area contributed by atoms with E-state index < -0.39 is 0 Å². The minimum absolute atomic E-state index is 0.282. The topological polar surface area (TPSA) is 130 Å². The van der Waals surface area contributed by atoms with E-state index in [4.69, 9.17) is 20.5 Å². The molecule has 0 fully saturated rings. The van der Waals surface area contributed by atoms with Crippen molar-refractivity contribution in [2.75, 3.05) is 11.5 Å². The molecule has 110 valence electrons. The van der Waals surface area contributed by atoms with Crippen LogP contribution < -0.4 is 11.5 Å². The normalized spacial score (nSPS) is 14.4. The van der Waals surface area contributed by atoms with Crippen LogP contribution in [0.3, 0.4) is 0 Å². The summed E-state index contributed by atoms with van der Waals surface area (Å²) in [6, 6.07) is -0.564. The molecule has 0 aliphatic rings. The van der Waals surface area contributed by atoms with E-state index in [2.05, 4.69) is 20.3 Å². The maximum Gasteiger partial charge on any atom is 0.244 e. The van der Waals surface area contributed by atoms with E-state index in [1.807, 2.05) is 0 Å². The van der Waals surface area contributed by atoms with Gasteiger partial charge in [-0.05, 0) is 13.8 Å². The Hall–Kier alpha value is -1.10. The van der Waals surface area contributed by atoms with Crippen molar-refractivity contribution in [3.8, 4) is 0 Å². The summed E-state index contributed by atoms with van der Waals surface area (Å²) in [7, 11) is 3.18. The number of rotatable bonds is 7. The van der Waals surface area contributed by atoms with Gasteiger partial charge in [-0.15, -0.1) is 0 Å². The van der Waals surface area contributed by atoms with Crippen molar-refractivity contribution >= 4 is 21.6 Å². The molecule has 2 aromatic heterocycles. The highest BCUT2D eigenvalue weighted by atomic mass is 33.1. The molecule has 2 rings (SSSR count). The van der Waals surface area contributed by atoms with Gasteiger partial charge in [0.15, 0.2) is 11.6 Å². The number of hydrogen-bond donors (Lipinski definition) is 2. The first-order valence-corrected chi connectivity index (χ1v) is 8.41. The van der Waals surface area contributed by atoms with Crippen molar-refractivity contribution in [2.45, 2.75) is 25.9 Å². The third-order valence-electron chi connectivity index (χ3n) is 2.30. The number of hydrogen-bond acceptors (Lipinski definition) is 10. The standard InChI is InChI=1S/C10H16N6O2S2/c1-5-13-9(17-15-5)7(11)3-19-20-4-8(12)10-14-6(2)16-18-10/h7-8H,3-4,11-12H2,1-2H3/t7-,8-/m0/s1. The highest BCUT2D eigenvalue weighted by Crippen LogP contribution is 2.28. The molecule has 0 radical (unpaired) electrons. The Kier molecular flexibility index (Phi) is 5.40. The van der Waals surface area contributed by atoms with Crippen LogP contribution in [-0.4, -0.2) is 31.8 Å². The molecule has 0 saturated carbocycles. The van der Waals surface area contributed by atoms with E-state index in [1.54, 1.807) is 35.4 Å². The van der Waals surface area contributed by atoms with E-state index in [0.717, 1.165) is 0 Å². The molecule has 0 spiro atoms. The van der Waals surface area contributed by atoms with Gasteiger partial charge in [0.25, 0.3) is 0 Å². The molecule has 20 heavy (non-hydrogen) atoms. The molecule has 2 aromatic rings. The average Bonchev–Trinajstić information content (AvgIpc) is 3.03. The van der Waals surface area contributed by atoms with E-state index in [9.17, 15) is 0 Å². The fourth-order valence-electron chi connectivity index (χ4n) is 1.31. The number of nitrogens with two attached hydrogens (primary N) is 2. The zero-order chi connectivity index (χ0) is 14.5. The summed E-state index contributed by atoms with van der Waals surface area (Å²) >= 11 is 0. The Morgan fingerprint density at radius 1 is 0.900 bits per heavy atom. The first-order valence-electron chi connectivity index (χ1n) is 5.92. The van der Waals surface area contributed by atoms with Gasteiger partial charge in [-0.3, -0.25) is 0 Å². The van der Waals surface area contributed by atoms with Gasteiger partial charge in [0.2, 0.25) is 11.8 Å². The molecule has 0 unspecified atom stereocenters. The molecule has 2 atom stereocenters. The van der Waals surface area contributed by atoms with E-state index in [0.29, 0.717) is 34.9 Å². The summed E-state index contributed by atoms with van der Waals surface area (Å²) in [6.07, 6.45) is 0. The summed E-state index contributed by atoms with van der Waals surface area (Å²) in [5, 5.41) is 7.41. The van der Waals surface area contributed by atoms with Crippen LogP contribution in [0.5, 0.6) is 0 Å². The zero-order valence-electron chi connectivity index (χ0n) is 11.1. The van der Waals surface area contributed by atoms with Crippen molar-refractivity contribution in [1.82, 2.24) is 20.3 Å². The minimum atomic E-state index is -0.282. The van der Waals surface area contributed by atoms with Gasteiger partial charge < -0.3 is 20.5 Å². The maximum absolute atomic E-state index is 5.94. The van der Waals surface area contributed by atoms with Crippen molar-refractivity contribution in [3.05, 3.63) is 23.4 Å². The van der Waals surface area contributed by atoms with E-state index in [1.165, 1.54) is 0 Å². The Morgan fingerprint density at radius 3 is 1.60 bits per heavy atom. The van der Waals surface area contributed by atoms with Crippen LogP contribution in [0, 0.1) is 13.8 Å². The van der Waals surface area contributed by atoms with Crippen LogP contribution in [0.2, 0.25) is 0 Å². The summed E-state index contributed by atoms with van der Waals surface area (Å²) in [5.74, 6) is 3.38. The maximum atomic E-state index is 5.94. The molecular weight excluding hydrogens is 300 g/mol. The Balaban J connectivity index is 1.68. The lowest BCUT2D eigenvalue weighted by Crippen LogP contribution is -2.14. The summed E-state index contributed by atoms with van der Waals surface area (Å²) in [5.41, 5.74) is 11.9. The predicted octanol–water partition coefficient (Wildman–Crippen LogP) is 1.15. The number of aromatic nitrogens is 4. The van der Waals surface area contributed by atoms with Crippen molar-refractivity contribution in [3.63, 3.8) is 0 Å². The molecule has 2 heterocycles. The van der Waals surface area contributed by atoms with Gasteiger partial charge in [-0.2, -0.15) is 9.97 Å². The Morgan fingerprint density at radius 2 is 1.30 bits per heavy atom. The van der Waals surface area contributed by atoms with Gasteiger partial charge in [-0.1, -0.05) is 31.9 Å². The molecule has 4 N–H and O–H groups in total. The van der Waals surface area contributed by atoms with Gasteiger partial charge in [-0.25, -0.2) is 0 Å². The largest absolute Gasteiger partial charge is 0.338 e. The Bertz CT molecular complexity index is 497. The van der Waals surface area contributed by atoms with E-state index in [-0.39, 0.29) is 12.1 Å². The summed E-state index contributed by atoms with van der Waals surface area (Å²) in [4.78, 5) is 8.18. The van der Waals surface area contributed by atoms with Crippen LogP contribution in [0.25, 0.3) is 0 Å². The number of aryl methyl sites for hydroxylation is 2. The molecule has 0 aliphatic heterocycles. The first kappa shape index (κ1) is 15.3. The van der Waals surface area contributed by atoms with Gasteiger partial charge in [0, 0.05) is 11.5 Å². The van der Waals surface area contributed by atoms with E-state index >= 15 is 0 Å². The second-order valence-electron chi connectivity index (χ2n) is 4.14. The van der Waals surface area contributed by atoms with Crippen LogP contribution >= 0.6 is 21.6 Å². The quantitative estimate of drug-likeness (QED) is 0.566. The van der Waals surface area contributed by atoms with Crippen molar-refractivity contribution in [2.24, 2.45) is 11.5 Å². The second-order valence-corrected chi connectivity index (χ2v) is 6.69. The first-order chi connectivity index (χ1) is 9.56. The molecule has 0 aliphatic carbocycles. The zero-order valence-corrected chi connectivity index (χ0v) is 12.8. The Labute approximate surface area is 123 Å². The molecule has 0 amide bonds. The SMILES string of the molecule is Cc1noc([C@@H](N)CSSC[C@H](N)c2nc(C)no2)n1. The highest BCUT2D eigenvalue weighted by Gasteiger charge is 2.16. The lowest BCUT2D eigenvalue weighted by molar-refractivity contribution is 0.359. The second kappa shape index (κ2) is 7.07. The minimum Gasteiger partial charge on any atom is -0.338 e. The average molecular weight is 316 g/mol. The predicted molar refractivity (Wildman–Crippen MR) is 76.8 cm³/mol. The van der Waals surface area contributed by atoms with Crippen molar-refractivity contribution in [1.29, 1.82) is 0 Å². The smallest absolute Gasteiger partial charge is 0.244 e. The molecule has 0 saturated heterocycles. The van der Waals surface area contributed by atoms with Crippen LogP contribution in [0.4, 0.5) is 0 Å². The third kappa shape index (κ3) is 4.20. The molecule has 0 aromatic carbocycles. The molecule has 10 heteroatoms. The lowest BCUT2D eigenvalue weighted by Gasteiger charge is -2.07. The lowest BCUT2D eigenvalue weighted by atomic mass is 10.4. The molecule has 8 nitrogen and oxygen atoms in total. The molecular formula is C10H16N6O2S2. The fourth-order valence-corrected chi connectivity index (χ4v) is 3.54. The van der Waals surface area contributed by atoms with Gasteiger partial charge >= 0.3 is 0 Å². The van der Waals surface area contributed by atoms with Crippen LogP contribution in [-0.2, 0) is 0 Å².